The van der Waals surface area contributed by atoms with E-state index in [1.165, 1.54) is 10.7 Å². The van der Waals surface area contributed by atoms with Gasteiger partial charge in [-0.25, -0.2) is 14.7 Å². The van der Waals surface area contributed by atoms with Gasteiger partial charge in [-0.2, -0.15) is 10.1 Å². The van der Waals surface area contributed by atoms with Crippen LogP contribution in [0.4, 0.5) is 11.8 Å². The van der Waals surface area contributed by atoms with Crippen LogP contribution in [0.2, 0.25) is 0 Å². The van der Waals surface area contributed by atoms with Crippen LogP contribution in [-0.2, 0) is 4.74 Å². The Kier molecular flexibility index (Phi) is 3.88. The van der Waals surface area contributed by atoms with E-state index in [1.54, 1.807) is 19.2 Å². The predicted molar refractivity (Wildman–Crippen MR) is 80.8 cm³/mol. The van der Waals surface area contributed by atoms with Crippen LogP contribution in [0.3, 0.4) is 0 Å². The van der Waals surface area contributed by atoms with Crippen molar-refractivity contribution in [3.63, 3.8) is 0 Å². The van der Waals surface area contributed by atoms with Crippen molar-refractivity contribution in [1.29, 1.82) is 0 Å². The third-order valence-electron chi connectivity index (χ3n) is 3.29. The van der Waals surface area contributed by atoms with Gasteiger partial charge in [0.1, 0.15) is 5.52 Å². The van der Waals surface area contributed by atoms with Gasteiger partial charge in [0.25, 0.3) is 5.95 Å². The lowest BCUT2D eigenvalue weighted by atomic mass is 10.3. The number of nitrogens with zero attached hydrogens (tertiary/aromatic N) is 5. The maximum absolute atomic E-state index is 11.2. The van der Waals surface area contributed by atoms with Crippen molar-refractivity contribution in [3.8, 4) is 0 Å². The van der Waals surface area contributed by atoms with E-state index in [-0.39, 0.29) is 5.56 Å². The zero-order valence-electron chi connectivity index (χ0n) is 12.1. The van der Waals surface area contributed by atoms with E-state index in [0.29, 0.717) is 43.6 Å². The second-order valence-corrected chi connectivity index (χ2v) is 4.72. The molecule has 3 heterocycles. The molecule has 0 radical (unpaired) electrons. The van der Waals surface area contributed by atoms with Crippen molar-refractivity contribution in [2.24, 2.45) is 5.10 Å². The number of carboxylic acids is 1. The molecular formula is C13H16N6O3. The number of carboxylic acid groups (broad SMARTS) is 1. The Bertz CT molecular complexity index is 720. The zero-order chi connectivity index (χ0) is 15.5. The van der Waals surface area contributed by atoms with Gasteiger partial charge in [0, 0.05) is 25.5 Å². The summed E-state index contributed by atoms with van der Waals surface area (Å²) in [6.45, 7) is 4.37. The minimum Gasteiger partial charge on any atom is -0.478 e. The minimum atomic E-state index is -1.00. The highest BCUT2D eigenvalue weighted by Crippen LogP contribution is 2.23. The van der Waals surface area contributed by atoms with E-state index in [2.05, 4.69) is 20.6 Å². The van der Waals surface area contributed by atoms with Gasteiger partial charge in [-0.3, -0.25) is 0 Å². The number of nitrogens with one attached hydrogen (secondary N) is 1. The van der Waals surface area contributed by atoms with Gasteiger partial charge in [0.2, 0.25) is 0 Å². The van der Waals surface area contributed by atoms with Gasteiger partial charge in [0.05, 0.1) is 18.8 Å². The van der Waals surface area contributed by atoms with Crippen LogP contribution in [0.5, 0.6) is 0 Å². The summed E-state index contributed by atoms with van der Waals surface area (Å²) in [5.74, 6) is -0.0289. The molecule has 9 heteroatoms. The molecule has 1 saturated heterocycles. The van der Waals surface area contributed by atoms with Crippen molar-refractivity contribution in [3.05, 3.63) is 17.8 Å². The molecule has 116 valence electrons. The SMILES string of the molecule is C/C=N/Nc1nc(N2CCOCC2)c2cc(C(=O)O)cn2n1. The number of hydrogen-bond donors (Lipinski definition) is 2. The number of aromatic nitrogens is 3. The Morgan fingerprint density at radius 2 is 2.27 bits per heavy atom. The highest BCUT2D eigenvalue weighted by molar-refractivity contribution is 5.91. The molecule has 2 aromatic heterocycles. The van der Waals surface area contributed by atoms with E-state index >= 15 is 0 Å². The van der Waals surface area contributed by atoms with E-state index in [1.807, 2.05) is 4.90 Å². The highest BCUT2D eigenvalue weighted by Gasteiger charge is 2.19. The molecule has 1 fully saturated rings. The largest absolute Gasteiger partial charge is 0.478 e. The van der Waals surface area contributed by atoms with Crippen molar-refractivity contribution < 1.29 is 14.6 Å². The number of aromatic carboxylic acids is 1. The van der Waals surface area contributed by atoms with Gasteiger partial charge in [-0.05, 0) is 13.0 Å². The van der Waals surface area contributed by atoms with Gasteiger partial charge in [0.15, 0.2) is 5.82 Å². The molecule has 0 atom stereocenters. The Morgan fingerprint density at radius 3 is 2.95 bits per heavy atom. The Morgan fingerprint density at radius 1 is 1.50 bits per heavy atom. The average Bonchev–Trinajstić information content (AvgIpc) is 2.97. The molecule has 2 N–H and O–H groups in total. The Hall–Kier alpha value is -2.68. The van der Waals surface area contributed by atoms with E-state index in [4.69, 9.17) is 9.84 Å². The Balaban J connectivity index is 2.10. The van der Waals surface area contributed by atoms with Crippen LogP contribution in [-0.4, -0.2) is 58.2 Å². The molecule has 9 nitrogen and oxygen atoms in total. The first-order valence-electron chi connectivity index (χ1n) is 6.89. The van der Waals surface area contributed by atoms with Crippen molar-refractivity contribution in [2.45, 2.75) is 6.92 Å². The molecule has 0 aromatic carbocycles. The normalized spacial score (nSPS) is 15.6. The molecule has 0 bridgehead atoms. The lowest BCUT2D eigenvalue weighted by molar-refractivity contribution is 0.0697. The van der Waals surface area contributed by atoms with Crippen molar-refractivity contribution >= 4 is 29.5 Å². The molecule has 0 spiro atoms. The monoisotopic (exact) mass is 304 g/mol. The molecule has 1 aliphatic rings. The summed E-state index contributed by atoms with van der Waals surface area (Å²) in [6, 6.07) is 1.57. The minimum absolute atomic E-state index is 0.167. The highest BCUT2D eigenvalue weighted by atomic mass is 16.5. The van der Waals surface area contributed by atoms with Crippen molar-refractivity contribution in [1.82, 2.24) is 14.6 Å². The number of hydrazone groups is 1. The van der Waals surface area contributed by atoms with Crippen molar-refractivity contribution in [2.75, 3.05) is 36.6 Å². The van der Waals surface area contributed by atoms with Gasteiger partial charge in [-0.1, -0.05) is 0 Å². The number of fused-ring (bicyclic) bond motifs is 1. The van der Waals surface area contributed by atoms with Crippen LogP contribution in [0, 0.1) is 0 Å². The van der Waals surface area contributed by atoms with Gasteiger partial charge >= 0.3 is 5.97 Å². The number of ether oxygens (including phenoxy) is 1. The summed E-state index contributed by atoms with van der Waals surface area (Å²) in [4.78, 5) is 17.7. The van der Waals surface area contributed by atoms with E-state index < -0.39 is 5.97 Å². The number of carbonyl (C=O) groups is 1. The summed E-state index contributed by atoms with van der Waals surface area (Å²) in [5, 5.41) is 17.3. The van der Waals surface area contributed by atoms with E-state index in [9.17, 15) is 4.79 Å². The average molecular weight is 304 g/mol. The van der Waals surface area contributed by atoms with Crippen LogP contribution in [0.25, 0.3) is 5.52 Å². The summed E-state index contributed by atoms with van der Waals surface area (Å²) in [5.41, 5.74) is 3.54. The third-order valence-corrected chi connectivity index (χ3v) is 3.29. The van der Waals surface area contributed by atoms with Crippen LogP contribution in [0.15, 0.2) is 17.4 Å². The summed E-state index contributed by atoms with van der Waals surface area (Å²) in [7, 11) is 0. The standard InChI is InChI=1S/C13H16N6O3/c1-2-14-16-13-15-11(18-3-5-22-6-4-18)10-7-9(12(20)21)8-19(10)17-13/h2,7-8H,3-6H2,1H3,(H,16,17)(H,20,21)/b14-2+. The molecule has 22 heavy (non-hydrogen) atoms. The third kappa shape index (κ3) is 2.70. The molecule has 1 aliphatic heterocycles. The smallest absolute Gasteiger partial charge is 0.337 e. The second kappa shape index (κ2) is 5.98. The molecule has 0 unspecified atom stereocenters. The molecule has 2 aromatic rings. The van der Waals surface area contributed by atoms with Crippen LogP contribution in [0.1, 0.15) is 17.3 Å². The Labute approximate surface area is 126 Å². The summed E-state index contributed by atoms with van der Waals surface area (Å²) < 4.78 is 6.86. The predicted octanol–water partition coefficient (Wildman–Crippen LogP) is 0.682. The number of anilines is 2. The lowest BCUT2D eigenvalue weighted by Gasteiger charge is -2.28. The van der Waals surface area contributed by atoms with Gasteiger partial charge in [-0.15, -0.1) is 5.10 Å². The molecule has 0 saturated carbocycles. The van der Waals surface area contributed by atoms with Gasteiger partial charge < -0.3 is 14.7 Å². The first-order valence-corrected chi connectivity index (χ1v) is 6.89. The fourth-order valence-corrected chi connectivity index (χ4v) is 2.28. The zero-order valence-corrected chi connectivity index (χ0v) is 12.1. The second-order valence-electron chi connectivity index (χ2n) is 4.72. The summed E-state index contributed by atoms with van der Waals surface area (Å²) in [6.07, 6.45) is 3.05. The molecule has 0 aliphatic carbocycles. The topological polar surface area (TPSA) is 104 Å². The lowest BCUT2D eigenvalue weighted by Crippen LogP contribution is -2.37. The summed E-state index contributed by atoms with van der Waals surface area (Å²) >= 11 is 0. The van der Waals surface area contributed by atoms with E-state index in [0.717, 1.165) is 0 Å². The molecule has 0 amide bonds. The molecular weight excluding hydrogens is 288 g/mol. The number of hydrogen-bond acceptors (Lipinski definition) is 7. The van der Waals surface area contributed by atoms with Crippen LogP contribution < -0.4 is 10.3 Å². The molecule has 3 rings (SSSR count). The number of morpholine rings is 1. The fourth-order valence-electron chi connectivity index (χ4n) is 2.28. The fraction of sp³-hybridized carbons (Fsp3) is 0.385. The first kappa shape index (κ1) is 14.3. The van der Waals surface area contributed by atoms with Crippen LogP contribution >= 0.6 is 0 Å². The maximum Gasteiger partial charge on any atom is 0.337 e. The quantitative estimate of drug-likeness (QED) is 0.632. The first-order chi connectivity index (χ1) is 10.7. The number of rotatable bonds is 4. The maximum atomic E-state index is 11.2.